The summed E-state index contributed by atoms with van der Waals surface area (Å²) in [6.07, 6.45) is 0. The molecule has 3 heteroatoms. The molecule has 0 aliphatic heterocycles. The first kappa shape index (κ1) is 8.01. The van der Waals surface area contributed by atoms with Gasteiger partial charge in [-0.2, -0.15) is 0 Å². The standard InChI is InChI=1S/C8H11NO2/c1-6-3-4-8(11-6)7(10)5-9-2/h3-4,9H,5H2,1-2H3. The van der Waals surface area contributed by atoms with Gasteiger partial charge >= 0.3 is 0 Å². The van der Waals surface area contributed by atoms with Crippen molar-refractivity contribution in [2.45, 2.75) is 6.92 Å². The molecule has 1 rings (SSSR count). The van der Waals surface area contributed by atoms with Crippen LogP contribution in [0.5, 0.6) is 0 Å². The Bertz CT molecular complexity index is 252. The van der Waals surface area contributed by atoms with Gasteiger partial charge in [-0.05, 0) is 26.1 Å². The largest absolute Gasteiger partial charge is 0.458 e. The van der Waals surface area contributed by atoms with Crippen LogP contribution < -0.4 is 5.32 Å². The number of furan rings is 1. The van der Waals surface area contributed by atoms with E-state index in [9.17, 15) is 4.79 Å². The average Bonchev–Trinajstić information content (AvgIpc) is 2.36. The van der Waals surface area contributed by atoms with Gasteiger partial charge < -0.3 is 9.73 Å². The first-order chi connectivity index (χ1) is 5.24. The summed E-state index contributed by atoms with van der Waals surface area (Å²) in [6.45, 7) is 2.14. The summed E-state index contributed by atoms with van der Waals surface area (Å²) in [5.41, 5.74) is 0. The molecular weight excluding hydrogens is 142 g/mol. The summed E-state index contributed by atoms with van der Waals surface area (Å²) in [5.74, 6) is 1.18. The van der Waals surface area contributed by atoms with E-state index in [1.807, 2.05) is 6.92 Å². The van der Waals surface area contributed by atoms with Crippen molar-refractivity contribution in [3.8, 4) is 0 Å². The van der Waals surface area contributed by atoms with E-state index in [2.05, 4.69) is 5.32 Å². The number of carbonyl (C=O) groups is 1. The molecule has 0 fully saturated rings. The molecule has 1 N–H and O–H groups in total. The molecule has 0 radical (unpaired) electrons. The van der Waals surface area contributed by atoms with E-state index in [1.165, 1.54) is 0 Å². The van der Waals surface area contributed by atoms with Crippen molar-refractivity contribution in [2.24, 2.45) is 0 Å². The Balaban J connectivity index is 2.69. The van der Waals surface area contributed by atoms with E-state index in [0.29, 0.717) is 12.3 Å². The summed E-state index contributed by atoms with van der Waals surface area (Å²) in [7, 11) is 1.73. The summed E-state index contributed by atoms with van der Waals surface area (Å²) in [5, 5.41) is 2.77. The van der Waals surface area contributed by atoms with E-state index in [0.717, 1.165) is 5.76 Å². The lowest BCUT2D eigenvalue weighted by Gasteiger charge is -1.93. The zero-order valence-corrected chi connectivity index (χ0v) is 6.68. The minimum atomic E-state index is -0.0133. The minimum Gasteiger partial charge on any atom is -0.458 e. The number of ketones is 1. The highest BCUT2D eigenvalue weighted by atomic mass is 16.3. The second kappa shape index (κ2) is 3.34. The monoisotopic (exact) mass is 153 g/mol. The van der Waals surface area contributed by atoms with Gasteiger partial charge in [0, 0.05) is 0 Å². The molecule has 0 bridgehead atoms. The number of Topliss-reactive ketones (excluding diaryl/α,β-unsaturated/α-hetero) is 1. The highest BCUT2D eigenvalue weighted by molar-refractivity contribution is 5.95. The highest BCUT2D eigenvalue weighted by Gasteiger charge is 2.07. The predicted octanol–water partition coefficient (Wildman–Crippen LogP) is 0.990. The van der Waals surface area contributed by atoms with Gasteiger partial charge in [-0.1, -0.05) is 0 Å². The topological polar surface area (TPSA) is 42.2 Å². The van der Waals surface area contributed by atoms with E-state index >= 15 is 0 Å². The second-order valence-electron chi connectivity index (χ2n) is 2.36. The number of aryl methyl sites for hydroxylation is 1. The van der Waals surface area contributed by atoms with E-state index in [4.69, 9.17) is 4.42 Å². The molecule has 0 saturated heterocycles. The number of likely N-dealkylation sites (N-methyl/N-ethyl adjacent to an activating group) is 1. The fourth-order valence-electron chi connectivity index (χ4n) is 0.832. The van der Waals surface area contributed by atoms with Gasteiger partial charge in [0.25, 0.3) is 0 Å². The molecule has 0 atom stereocenters. The number of hydrogen-bond donors (Lipinski definition) is 1. The van der Waals surface area contributed by atoms with Crippen LogP contribution in [-0.2, 0) is 0 Å². The molecule has 1 aromatic rings. The SMILES string of the molecule is CNCC(=O)c1ccc(C)o1. The Labute approximate surface area is 65.4 Å². The molecule has 0 saturated carbocycles. The van der Waals surface area contributed by atoms with Crippen LogP contribution in [0.4, 0.5) is 0 Å². The van der Waals surface area contributed by atoms with Crippen molar-refractivity contribution in [2.75, 3.05) is 13.6 Å². The van der Waals surface area contributed by atoms with Crippen LogP contribution in [0.15, 0.2) is 16.5 Å². The molecule has 1 heterocycles. The zero-order valence-electron chi connectivity index (χ0n) is 6.68. The Hall–Kier alpha value is -1.09. The van der Waals surface area contributed by atoms with Crippen molar-refractivity contribution < 1.29 is 9.21 Å². The van der Waals surface area contributed by atoms with Crippen LogP contribution >= 0.6 is 0 Å². The van der Waals surface area contributed by atoms with Crippen LogP contribution in [0, 0.1) is 6.92 Å². The lowest BCUT2D eigenvalue weighted by Crippen LogP contribution is -2.17. The van der Waals surface area contributed by atoms with E-state index < -0.39 is 0 Å². The Morgan fingerprint density at radius 2 is 2.36 bits per heavy atom. The van der Waals surface area contributed by atoms with Gasteiger partial charge in [0.1, 0.15) is 5.76 Å². The average molecular weight is 153 g/mol. The van der Waals surface area contributed by atoms with Crippen LogP contribution in [0.2, 0.25) is 0 Å². The van der Waals surface area contributed by atoms with Crippen LogP contribution in [0.25, 0.3) is 0 Å². The van der Waals surface area contributed by atoms with Crippen LogP contribution in [-0.4, -0.2) is 19.4 Å². The summed E-state index contributed by atoms with van der Waals surface area (Å²) < 4.78 is 5.11. The molecule has 0 aromatic carbocycles. The van der Waals surface area contributed by atoms with E-state index in [-0.39, 0.29) is 5.78 Å². The third-order valence-electron chi connectivity index (χ3n) is 1.35. The maximum atomic E-state index is 11.1. The van der Waals surface area contributed by atoms with Crippen LogP contribution in [0.1, 0.15) is 16.3 Å². The molecule has 3 nitrogen and oxygen atoms in total. The van der Waals surface area contributed by atoms with Gasteiger partial charge in [-0.3, -0.25) is 4.79 Å². The normalized spacial score (nSPS) is 10.0. The molecule has 1 aromatic heterocycles. The number of nitrogens with one attached hydrogen (secondary N) is 1. The lowest BCUT2D eigenvalue weighted by molar-refractivity contribution is 0.0966. The molecule has 60 valence electrons. The van der Waals surface area contributed by atoms with Gasteiger partial charge in [-0.15, -0.1) is 0 Å². The van der Waals surface area contributed by atoms with Crippen molar-refractivity contribution in [1.82, 2.24) is 5.32 Å². The van der Waals surface area contributed by atoms with Gasteiger partial charge in [0.05, 0.1) is 6.54 Å². The smallest absolute Gasteiger partial charge is 0.211 e. The third-order valence-corrected chi connectivity index (χ3v) is 1.35. The molecule has 0 aliphatic carbocycles. The van der Waals surface area contributed by atoms with Crippen molar-refractivity contribution in [3.63, 3.8) is 0 Å². The Morgan fingerprint density at radius 1 is 1.64 bits per heavy atom. The zero-order chi connectivity index (χ0) is 8.27. The van der Waals surface area contributed by atoms with Crippen molar-refractivity contribution >= 4 is 5.78 Å². The molecule has 0 aliphatic rings. The third kappa shape index (κ3) is 1.91. The molecule has 0 unspecified atom stereocenters. The molecule has 0 amide bonds. The maximum Gasteiger partial charge on any atom is 0.211 e. The molecular formula is C8H11NO2. The highest BCUT2D eigenvalue weighted by Crippen LogP contribution is 2.05. The number of carbonyl (C=O) groups excluding carboxylic acids is 1. The summed E-state index contributed by atoms with van der Waals surface area (Å²) in [4.78, 5) is 11.1. The second-order valence-corrected chi connectivity index (χ2v) is 2.36. The fourth-order valence-corrected chi connectivity index (χ4v) is 0.832. The van der Waals surface area contributed by atoms with Gasteiger partial charge in [-0.25, -0.2) is 0 Å². The summed E-state index contributed by atoms with van der Waals surface area (Å²) >= 11 is 0. The molecule has 0 spiro atoms. The lowest BCUT2D eigenvalue weighted by atomic mass is 10.3. The number of rotatable bonds is 3. The van der Waals surface area contributed by atoms with E-state index in [1.54, 1.807) is 19.2 Å². The quantitative estimate of drug-likeness (QED) is 0.658. The van der Waals surface area contributed by atoms with Crippen molar-refractivity contribution in [1.29, 1.82) is 0 Å². The molecule has 11 heavy (non-hydrogen) atoms. The van der Waals surface area contributed by atoms with Gasteiger partial charge in [0.15, 0.2) is 5.76 Å². The maximum absolute atomic E-state index is 11.1. The number of hydrogen-bond acceptors (Lipinski definition) is 3. The fraction of sp³-hybridized carbons (Fsp3) is 0.375. The minimum absolute atomic E-state index is 0.0133. The first-order valence-corrected chi connectivity index (χ1v) is 3.48. The van der Waals surface area contributed by atoms with Gasteiger partial charge in [0.2, 0.25) is 5.78 Å². The Morgan fingerprint density at radius 3 is 2.82 bits per heavy atom. The Kier molecular flexibility index (Phi) is 2.44. The summed E-state index contributed by atoms with van der Waals surface area (Å²) in [6, 6.07) is 3.47. The predicted molar refractivity (Wildman–Crippen MR) is 41.7 cm³/mol. The first-order valence-electron chi connectivity index (χ1n) is 3.48. The van der Waals surface area contributed by atoms with Crippen molar-refractivity contribution in [3.05, 3.63) is 23.7 Å². The van der Waals surface area contributed by atoms with Crippen LogP contribution in [0.3, 0.4) is 0 Å².